The first-order chi connectivity index (χ1) is 8.26. The van der Waals surface area contributed by atoms with Crippen LogP contribution in [0.15, 0.2) is 23.2 Å². The van der Waals surface area contributed by atoms with Crippen molar-refractivity contribution in [3.05, 3.63) is 18.3 Å². The van der Waals surface area contributed by atoms with E-state index < -0.39 is 10.0 Å². The van der Waals surface area contributed by atoms with Crippen LogP contribution in [-0.4, -0.2) is 30.3 Å². The van der Waals surface area contributed by atoms with Gasteiger partial charge < -0.3 is 5.73 Å². The lowest BCUT2D eigenvalue weighted by molar-refractivity contribution is 0.319. The highest BCUT2D eigenvalue weighted by atomic mass is 32.2. The number of hydrogen-bond acceptors (Lipinski definition) is 4. The van der Waals surface area contributed by atoms with Crippen molar-refractivity contribution in [3.8, 4) is 0 Å². The molecule has 2 N–H and O–H groups in total. The summed E-state index contributed by atoms with van der Waals surface area (Å²) in [4.78, 5) is 3.92. The van der Waals surface area contributed by atoms with Gasteiger partial charge >= 0.3 is 0 Å². The number of hydrogen-bond donors (Lipinski definition) is 1. The molecule has 1 heterocycles. The maximum absolute atomic E-state index is 12.5. The zero-order valence-corrected chi connectivity index (χ0v) is 12.1. The molecular formula is C12H21N3O2S. The molecule has 6 heteroatoms. The highest BCUT2D eigenvalue weighted by molar-refractivity contribution is 7.89. The van der Waals surface area contributed by atoms with Gasteiger partial charge in [0, 0.05) is 18.8 Å². The number of nitrogens with zero attached hydrogens (tertiary/aromatic N) is 2. The van der Waals surface area contributed by atoms with Crippen LogP contribution >= 0.6 is 0 Å². The number of nitrogens with two attached hydrogens (primary N) is 1. The summed E-state index contributed by atoms with van der Waals surface area (Å²) >= 11 is 0. The number of nitrogen functional groups attached to an aromatic ring is 1. The smallest absolute Gasteiger partial charge is 0.246 e. The summed E-state index contributed by atoms with van der Waals surface area (Å²) < 4.78 is 26.5. The number of anilines is 1. The molecule has 102 valence electrons. The molecule has 0 bridgehead atoms. The number of aromatic nitrogens is 1. The van der Waals surface area contributed by atoms with E-state index in [9.17, 15) is 8.42 Å². The Bertz CT molecular complexity index is 498. The minimum absolute atomic E-state index is 0.0481. The second-order valence-corrected chi connectivity index (χ2v) is 6.81. The van der Waals surface area contributed by atoms with Gasteiger partial charge in [0.1, 0.15) is 10.7 Å². The SMILES string of the molecule is CC(C)CN(C(C)C)S(=O)(=O)c1cccnc1N. The van der Waals surface area contributed by atoms with Gasteiger partial charge in [0.15, 0.2) is 0 Å². The Morgan fingerprint density at radius 3 is 2.39 bits per heavy atom. The van der Waals surface area contributed by atoms with Crippen LogP contribution in [0.25, 0.3) is 0 Å². The molecule has 0 aliphatic heterocycles. The predicted molar refractivity (Wildman–Crippen MR) is 72.5 cm³/mol. The highest BCUT2D eigenvalue weighted by Crippen LogP contribution is 2.22. The molecule has 5 nitrogen and oxygen atoms in total. The van der Waals surface area contributed by atoms with E-state index in [0.717, 1.165) is 0 Å². The third-order valence-electron chi connectivity index (χ3n) is 2.51. The Morgan fingerprint density at radius 1 is 1.33 bits per heavy atom. The summed E-state index contributed by atoms with van der Waals surface area (Å²) in [5, 5.41) is 0. The lowest BCUT2D eigenvalue weighted by Crippen LogP contribution is -2.39. The van der Waals surface area contributed by atoms with E-state index in [0.29, 0.717) is 6.54 Å². The second kappa shape index (κ2) is 5.67. The normalized spacial score (nSPS) is 12.6. The maximum atomic E-state index is 12.5. The topological polar surface area (TPSA) is 76.3 Å². The summed E-state index contributed by atoms with van der Waals surface area (Å²) in [6, 6.07) is 2.96. The average Bonchev–Trinajstić information content (AvgIpc) is 2.25. The van der Waals surface area contributed by atoms with Crippen molar-refractivity contribution in [2.24, 2.45) is 5.92 Å². The van der Waals surface area contributed by atoms with Crippen molar-refractivity contribution in [3.63, 3.8) is 0 Å². The van der Waals surface area contributed by atoms with Crippen molar-refractivity contribution < 1.29 is 8.42 Å². The second-order valence-electron chi connectivity index (χ2n) is 4.95. The van der Waals surface area contributed by atoms with Crippen LogP contribution in [0.1, 0.15) is 27.7 Å². The van der Waals surface area contributed by atoms with Crippen LogP contribution < -0.4 is 5.73 Å². The van der Waals surface area contributed by atoms with E-state index in [2.05, 4.69) is 4.98 Å². The molecule has 0 amide bonds. The molecule has 1 aromatic rings. The quantitative estimate of drug-likeness (QED) is 0.884. The Labute approximate surface area is 109 Å². The van der Waals surface area contributed by atoms with E-state index in [-0.39, 0.29) is 22.7 Å². The molecule has 0 unspecified atom stereocenters. The van der Waals surface area contributed by atoms with Gasteiger partial charge in [0.2, 0.25) is 10.0 Å². The molecule has 0 saturated heterocycles. The summed E-state index contributed by atoms with van der Waals surface area (Å²) in [6.07, 6.45) is 1.48. The van der Waals surface area contributed by atoms with Gasteiger partial charge in [0.05, 0.1) is 0 Å². The molecule has 0 aromatic carbocycles. The van der Waals surface area contributed by atoms with Gasteiger partial charge in [-0.1, -0.05) is 13.8 Å². The van der Waals surface area contributed by atoms with Crippen LogP contribution in [0.5, 0.6) is 0 Å². The van der Waals surface area contributed by atoms with Crippen LogP contribution in [-0.2, 0) is 10.0 Å². The van der Waals surface area contributed by atoms with E-state index >= 15 is 0 Å². The fourth-order valence-corrected chi connectivity index (χ4v) is 3.56. The van der Waals surface area contributed by atoms with E-state index in [1.54, 1.807) is 6.07 Å². The number of pyridine rings is 1. The molecule has 0 saturated carbocycles. The lowest BCUT2D eigenvalue weighted by Gasteiger charge is -2.27. The first-order valence-corrected chi connectivity index (χ1v) is 7.43. The van der Waals surface area contributed by atoms with E-state index in [4.69, 9.17) is 5.73 Å². The van der Waals surface area contributed by atoms with Gasteiger partial charge in [-0.3, -0.25) is 0 Å². The molecule has 1 rings (SSSR count). The van der Waals surface area contributed by atoms with Crippen LogP contribution in [0, 0.1) is 5.92 Å². The fourth-order valence-electron chi connectivity index (χ4n) is 1.69. The molecule has 0 radical (unpaired) electrons. The van der Waals surface area contributed by atoms with Crippen LogP contribution in [0.4, 0.5) is 5.82 Å². The molecule has 0 fully saturated rings. The standard InChI is InChI=1S/C12H21N3O2S/c1-9(2)8-15(10(3)4)18(16,17)11-6-5-7-14-12(11)13/h5-7,9-10H,8H2,1-4H3,(H2,13,14). The maximum Gasteiger partial charge on any atom is 0.246 e. The third-order valence-corrected chi connectivity index (χ3v) is 4.60. The Morgan fingerprint density at radius 2 is 1.94 bits per heavy atom. The molecule has 0 aliphatic rings. The molecule has 18 heavy (non-hydrogen) atoms. The molecular weight excluding hydrogens is 250 g/mol. The minimum Gasteiger partial charge on any atom is -0.383 e. The van der Waals surface area contributed by atoms with Gasteiger partial charge in [0.25, 0.3) is 0 Å². The zero-order valence-electron chi connectivity index (χ0n) is 11.3. The van der Waals surface area contributed by atoms with Gasteiger partial charge in [-0.15, -0.1) is 0 Å². The summed E-state index contributed by atoms with van der Waals surface area (Å²) in [7, 11) is -3.58. The Kier molecular flexibility index (Phi) is 4.70. The first-order valence-electron chi connectivity index (χ1n) is 5.99. The van der Waals surface area contributed by atoms with Crippen molar-refractivity contribution in [1.82, 2.24) is 9.29 Å². The minimum atomic E-state index is -3.58. The van der Waals surface area contributed by atoms with Crippen LogP contribution in [0.2, 0.25) is 0 Å². The average molecular weight is 271 g/mol. The summed E-state index contributed by atoms with van der Waals surface area (Å²) in [6.45, 7) is 8.14. The summed E-state index contributed by atoms with van der Waals surface area (Å²) in [5.74, 6) is 0.298. The summed E-state index contributed by atoms with van der Waals surface area (Å²) in [5.41, 5.74) is 5.66. The number of sulfonamides is 1. The van der Waals surface area contributed by atoms with Crippen LogP contribution in [0.3, 0.4) is 0 Å². The molecule has 1 aromatic heterocycles. The fraction of sp³-hybridized carbons (Fsp3) is 0.583. The first kappa shape index (κ1) is 14.9. The Hall–Kier alpha value is -1.14. The lowest BCUT2D eigenvalue weighted by atomic mass is 10.2. The van der Waals surface area contributed by atoms with Crippen molar-refractivity contribution >= 4 is 15.8 Å². The monoisotopic (exact) mass is 271 g/mol. The molecule has 0 aliphatic carbocycles. The Balaban J connectivity index is 3.22. The molecule has 0 spiro atoms. The zero-order chi connectivity index (χ0) is 13.9. The number of rotatable bonds is 5. The largest absolute Gasteiger partial charge is 0.383 e. The van der Waals surface area contributed by atoms with Gasteiger partial charge in [-0.25, -0.2) is 13.4 Å². The molecule has 0 atom stereocenters. The van der Waals surface area contributed by atoms with Crippen molar-refractivity contribution in [1.29, 1.82) is 0 Å². The van der Waals surface area contributed by atoms with E-state index in [1.807, 2.05) is 27.7 Å². The van der Waals surface area contributed by atoms with Gasteiger partial charge in [-0.2, -0.15) is 4.31 Å². The van der Waals surface area contributed by atoms with Crippen molar-refractivity contribution in [2.75, 3.05) is 12.3 Å². The predicted octanol–water partition coefficient (Wildman–Crippen LogP) is 1.72. The van der Waals surface area contributed by atoms with E-state index in [1.165, 1.54) is 16.6 Å². The third kappa shape index (κ3) is 3.20. The van der Waals surface area contributed by atoms with Crippen molar-refractivity contribution in [2.45, 2.75) is 38.6 Å². The van der Waals surface area contributed by atoms with Gasteiger partial charge in [-0.05, 0) is 31.9 Å². The highest BCUT2D eigenvalue weighted by Gasteiger charge is 2.29.